The van der Waals surface area contributed by atoms with E-state index >= 15 is 0 Å². The number of rotatable bonds is 13. The van der Waals surface area contributed by atoms with Crippen molar-refractivity contribution >= 4 is 105 Å². The number of aromatic nitrogens is 1. The average Bonchev–Trinajstić information content (AvgIpc) is 3.63. The van der Waals surface area contributed by atoms with Crippen molar-refractivity contribution in [3.63, 3.8) is 0 Å². The Hall–Kier alpha value is -5.59. The number of Topliss-reactive ketones (excluding diaryl/α,β-unsaturated/α-hetero) is 1. The molecule has 0 saturated heterocycles. The fourth-order valence-corrected chi connectivity index (χ4v) is 4.54. The third-order valence-corrected chi connectivity index (χ3v) is 8.63. The standard InChI is InChI=1S/C13H13NO2S.C9H9NO2S.C9H7NO2.C7H6O2.C4H7BrO.C3H5N.C2H7PS2.CH4/c1-9-10(2)17-13(14-9)8-16-12-5-3-4-11(6-12)7-15;10-9(13)6-12-8-3-1-2-7(4-8)5-11;1-10-7-12-9-4-2-3-8(5-9)6-11;8-5-6-2-1-3-7(9)4-6;1-3(5)4(2)6;1-2-3-4;1-3(2,4)5;/h3-7H,8H2,1-2H3;1-5H,6H2,(H2,10,13);2-6H,7H2;1-5,9H;3H,1-2H3;2H2,1H3;1-2H3,(H,4,5);1H4. The van der Waals surface area contributed by atoms with E-state index in [1.807, 2.05) is 53.2 Å². The van der Waals surface area contributed by atoms with Gasteiger partial charge < -0.3 is 25.1 Å². The summed E-state index contributed by atoms with van der Waals surface area (Å²) in [6.45, 7) is 20.3. The van der Waals surface area contributed by atoms with Crippen molar-refractivity contribution in [2.75, 3.05) is 26.7 Å². The first-order valence-electron chi connectivity index (χ1n) is 19.3. The number of nitrogens with two attached hydrogens (primary N) is 1. The van der Waals surface area contributed by atoms with Crippen molar-refractivity contribution in [1.29, 1.82) is 5.26 Å². The molecule has 360 valence electrons. The van der Waals surface area contributed by atoms with Gasteiger partial charge in [-0.15, -0.1) is 23.6 Å². The van der Waals surface area contributed by atoms with Crippen molar-refractivity contribution in [1.82, 2.24) is 4.98 Å². The van der Waals surface area contributed by atoms with E-state index in [2.05, 4.69) is 50.2 Å². The first-order valence-corrected chi connectivity index (χ1v) is 26.3. The van der Waals surface area contributed by atoms with Gasteiger partial charge in [0.15, 0.2) is 0 Å². The molecule has 67 heavy (non-hydrogen) atoms. The fourth-order valence-electron chi connectivity index (χ4n) is 3.64. The van der Waals surface area contributed by atoms with E-state index in [-0.39, 0.29) is 42.1 Å². The van der Waals surface area contributed by atoms with Gasteiger partial charge in [0.25, 0.3) is 0 Å². The zero-order valence-corrected chi connectivity index (χ0v) is 43.4. The molecule has 0 saturated carbocycles. The number of ether oxygens (including phenoxy) is 3. The Morgan fingerprint density at radius 2 is 1.27 bits per heavy atom. The Bertz CT molecular complexity index is 2370. The molecule has 0 aliphatic carbocycles. The minimum atomic E-state index is -1.11. The molecule has 0 amide bonds. The van der Waals surface area contributed by atoms with Gasteiger partial charge in [0, 0.05) is 33.6 Å². The molecule has 4 aromatic carbocycles. The van der Waals surface area contributed by atoms with Gasteiger partial charge in [0.05, 0.1) is 16.6 Å². The van der Waals surface area contributed by atoms with Crippen LogP contribution in [0.2, 0.25) is 0 Å². The zero-order chi connectivity index (χ0) is 50.5. The van der Waals surface area contributed by atoms with Crippen LogP contribution in [0.25, 0.3) is 4.85 Å². The van der Waals surface area contributed by atoms with Gasteiger partial charge in [-0.3, -0.25) is 28.8 Å². The summed E-state index contributed by atoms with van der Waals surface area (Å²) >= 11 is 18.2. The number of aryl methyl sites for hydroxylation is 2. The van der Waals surface area contributed by atoms with Gasteiger partial charge in [-0.05, 0) is 94.8 Å². The lowest BCUT2D eigenvalue weighted by Gasteiger charge is -2.04. The Labute approximate surface area is 423 Å². The summed E-state index contributed by atoms with van der Waals surface area (Å²) < 4.78 is 15.8. The number of halogens is 1. The maximum Gasteiger partial charge on any atom is 0.357 e. The van der Waals surface area contributed by atoms with Gasteiger partial charge in [0.2, 0.25) is 0 Å². The number of thiocarbonyl (C=S) groups is 1. The summed E-state index contributed by atoms with van der Waals surface area (Å²) in [5, 5.41) is 16.3. The van der Waals surface area contributed by atoms with Crippen molar-refractivity contribution in [3.8, 4) is 29.1 Å². The number of thiazole rings is 1. The number of benzene rings is 4. The van der Waals surface area contributed by atoms with Crippen LogP contribution in [-0.2, 0) is 23.2 Å². The fraction of sp³-hybridized carbons (Fsp3) is 0.271. The van der Waals surface area contributed by atoms with Gasteiger partial charge in [0.1, 0.15) is 77.1 Å². The summed E-state index contributed by atoms with van der Waals surface area (Å²) in [5.74, 6) is 2.14. The summed E-state index contributed by atoms with van der Waals surface area (Å²) in [7, 11) is 0. The number of thiol groups is 1. The first-order chi connectivity index (χ1) is 31.2. The number of aldehydes is 4. The molecule has 0 radical (unpaired) electrons. The highest BCUT2D eigenvalue weighted by molar-refractivity contribution is 9.10. The molecular formula is C48H58BrN4O9PS4. The third-order valence-electron chi connectivity index (χ3n) is 6.82. The molecule has 0 spiro atoms. The minimum absolute atomic E-state index is 0. The highest BCUT2D eigenvalue weighted by Crippen LogP contribution is 2.41. The molecule has 5 aromatic rings. The molecule has 0 aliphatic rings. The normalized spacial score (nSPS) is 9.54. The molecule has 1 aromatic heterocycles. The van der Waals surface area contributed by atoms with E-state index < -0.39 is 5.24 Å². The van der Waals surface area contributed by atoms with Crippen LogP contribution in [0.5, 0.6) is 23.0 Å². The molecule has 3 N–H and O–H groups in total. The number of nitrogens with zero attached hydrogens (tertiary/aromatic N) is 3. The number of aromatic hydroxyl groups is 1. The van der Waals surface area contributed by atoms with Gasteiger partial charge in [-0.25, -0.2) is 11.6 Å². The Balaban J connectivity index is -0.000000748. The van der Waals surface area contributed by atoms with E-state index in [1.54, 1.807) is 97.1 Å². The molecule has 1 unspecified atom stereocenters. The third kappa shape index (κ3) is 38.2. The van der Waals surface area contributed by atoms with Crippen LogP contribution in [0.1, 0.15) is 91.6 Å². The van der Waals surface area contributed by atoms with Crippen LogP contribution >= 0.6 is 57.0 Å². The largest absolute Gasteiger partial charge is 0.508 e. The van der Waals surface area contributed by atoms with Gasteiger partial charge in [-0.2, -0.15) is 5.26 Å². The molecular weight excluding hydrogens is 1020 g/mol. The minimum Gasteiger partial charge on any atom is -0.508 e. The predicted molar refractivity (Wildman–Crippen MR) is 286 cm³/mol. The zero-order valence-electron chi connectivity index (χ0n) is 37.6. The Morgan fingerprint density at radius 1 is 0.896 bits per heavy atom. The highest BCUT2D eigenvalue weighted by atomic mass is 79.9. The monoisotopic (exact) mass is 1070 g/mol. The summed E-state index contributed by atoms with van der Waals surface area (Å²) in [5.41, 5.74) is 8.54. The van der Waals surface area contributed by atoms with Crippen molar-refractivity contribution < 1.29 is 43.3 Å². The molecule has 1 atom stereocenters. The van der Waals surface area contributed by atoms with E-state index in [9.17, 15) is 24.0 Å². The number of phenols is 1. The van der Waals surface area contributed by atoms with Crippen molar-refractivity contribution in [3.05, 3.63) is 146 Å². The van der Waals surface area contributed by atoms with Crippen LogP contribution in [0.3, 0.4) is 0 Å². The number of hydrogen-bond acceptors (Lipinski definition) is 14. The summed E-state index contributed by atoms with van der Waals surface area (Å²) in [6, 6.07) is 28.7. The summed E-state index contributed by atoms with van der Waals surface area (Å²) in [4.78, 5) is 60.4. The van der Waals surface area contributed by atoms with E-state index in [0.717, 1.165) is 29.6 Å². The molecule has 5 rings (SSSR count). The molecule has 1 heterocycles. The second kappa shape index (κ2) is 39.6. The number of nitriles is 1. The predicted octanol–water partition coefficient (Wildman–Crippen LogP) is 11.8. The molecule has 13 nitrogen and oxygen atoms in total. The molecule has 0 aliphatic heterocycles. The average molecular weight is 1070 g/mol. The van der Waals surface area contributed by atoms with Gasteiger partial charge in [-0.1, -0.05) is 103 Å². The quantitative estimate of drug-likeness (QED) is 0.0251. The topological polar surface area (TPSA) is 200 Å². The molecule has 19 heteroatoms. The van der Waals surface area contributed by atoms with E-state index in [1.165, 1.54) is 17.0 Å². The maximum atomic E-state index is 10.6. The molecule has 0 fully saturated rings. The van der Waals surface area contributed by atoms with Crippen LogP contribution in [-0.4, -0.2) is 77.5 Å². The Morgan fingerprint density at radius 3 is 1.57 bits per heavy atom. The lowest BCUT2D eigenvalue weighted by atomic mass is 10.2. The number of ketones is 1. The van der Waals surface area contributed by atoms with Crippen LogP contribution in [0.15, 0.2) is 97.1 Å². The van der Waals surface area contributed by atoms with E-state index in [0.29, 0.717) is 58.8 Å². The van der Waals surface area contributed by atoms with Crippen molar-refractivity contribution in [2.45, 2.75) is 59.9 Å². The summed E-state index contributed by atoms with van der Waals surface area (Å²) in [6.07, 6.45) is 3.63. The lowest BCUT2D eigenvalue weighted by Crippen LogP contribution is -2.17. The lowest BCUT2D eigenvalue weighted by molar-refractivity contribution is -0.116. The number of phenolic OH excluding ortho intramolecular Hbond substituents is 1. The maximum absolute atomic E-state index is 10.6. The van der Waals surface area contributed by atoms with Crippen LogP contribution in [0.4, 0.5) is 0 Å². The smallest absolute Gasteiger partial charge is 0.357 e. The number of carbonyl (C=O) groups excluding carboxylic acids is 5. The number of carbonyl (C=O) groups is 5. The van der Waals surface area contributed by atoms with E-state index in [4.69, 9.17) is 48.7 Å². The Kier molecular flexibility index (Phi) is 38.8. The van der Waals surface area contributed by atoms with Crippen LogP contribution < -0.4 is 19.9 Å². The van der Waals surface area contributed by atoms with Crippen molar-refractivity contribution in [2.24, 2.45) is 5.73 Å². The second-order valence-electron chi connectivity index (χ2n) is 13.0. The number of hydrogen-bond donors (Lipinski definition) is 3. The highest BCUT2D eigenvalue weighted by Gasteiger charge is 2.05. The van der Waals surface area contributed by atoms with Crippen LogP contribution in [0, 0.1) is 31.8 Å². The SMILES string of the molecule is C.CC(=O)C(C)Br.CCC#N.CP(C)(=S)S.Cc1nc(COc2cccc(C=O)c2)sc1C.NC(=S)COc1cccc(C=O)c1.O=Cc1cccc(O)c1.[C-]#[N+]COc1cccc(C=O)c1. The van der Waals surface area contributed by atoms with Gasteiger partial charge >= 0.3 is 6.73 Å². The first kappa shape index (κ1) is 65.7. The molecule has 0 bridgehead atoms. The second-order valence-corrected chi connectivity index (χ2v) is 25.4. The number of alkyl halides is 1.